The summed E-state index contributed by atoms with van der Waals surface area (Å²) in [5.74, 6) is 1.11. The van der Waals surface area contributed by atoms with Gasteiger partial charge in [-0.1, -0.05) is 31.2 Å². The lowest BCUT2D eigenvalue weighted by Crippen LogP contribution is -2.26. The van der Waals surface area contributed by atoms with Crippen LogP contribution in [0.3, 0.4) is 0 Å². The number of amidine groups is 1. The molecule has 154 valence electrons. The van der Waals surface area contributed by atoms with Crippen molar-refractivity contribution in [1.82, 2.24) is 4.98 Å². The standard InChI is InChI=1S/C24H25N3O2S/c1-4-11-29-21-8-6-5-7-19(21)27-13-20(28)22(23(27)25)24-26-18(14-30-24)17-10-9-15(2)16(3)12-17/h5-10,12,14,25,28H,4,11,13H2,1-3H3. The van der Waals surface area contributed by atoms with Gasteiger partial charge in [0.15, 0.2) is 0 Å². The molecule has 30 heavy (non-hydrogen) atoms. The van der Waals surface area contributed by atoms with E-state index >= 15 is 0 Å². The van der Waals surface area contributed by atoms with Crippen molar-refractivity contribution in [2.45, 2.75) is 27.2 Å². The number of nitrogens with zero attached hydrogens (tertiary/aromatic N) is 2. The fourth-order valence-corrected chi connectivity index (χ4v) is 4.34. The number of nitrogens with one attached hydrogen (secondary N) is 1. The maximum Gasteiger partial charge on any atom is 0.142 e. The molecule has 4 rings (SSSR count). The van der Waals surface area contributed by atoms with Gasteiger partial charge in [0.05, 0.1) is 30.1 Å². The average molecular weight is 420 g/mol. The van der Waals surface area contributed by atoms with Gasteiger partial charge < -0.3 is 14.7 Å². The molecule has 1 aliphatic rings. The molecule has 2 N–H and O–H groups in total. The molecule has 6 heteroatoms. The number of para-hydroxylation sites is 2. The molecule has 1 aliphatic heterocycles. The van der Waals surface area contributed by atoms with Crippen LogP contribution >= 0.6 is 11.3 Å². The van der Waals surface area contributed by atoms with Gasteiger partial charge >= 0.3 is 0 Å². The first-order chi connectivity index (χ1) is 14.5. The Bertz CT molecular complexity index is 1130. The van der Waals surface area contributed by atoms with E-state index in [-0.39, 0.29) is 18.1 Å². The minimum atomic E-state index is 0.159. The van der Waals surface area contributed by atoms with Crippen LogP contribution in [0.4, 0.5) is 5.69 Å². The summed E-state index contributed by atoms with van der Waals surface area (Å²) in [5, 5.41) is 22.1. The van der Waals surface area contributed by atoms with E-state index in [4.69, 9.17) is 15.1 Å². The highest BCUT2D eigenvalue weighted by Crippen LogP contribution is 2.37. The van der Waals surface area contributed by atoms with Crippen LogP contribution in [0.2, 0.25) is 0 Å². The van der Waals surface area contributed by atoms with Crippen molar-refractivity contribution in [1.29, 1.82) is 5.41 Å². The Balaban J connectivity index is 1.63. The van der Waals surface area contributed by atoms with Crippen LogP contribution < -0.4 is 9.64 Å². The molecule has 0 spiro atoms. The summed E-state index contributed by atoms with van der Waals surface area (Å²) in [6, 6.07) is 13.9. The molecule has 0 amide bonds. The lowest BCUT2D eigenvalue weighted by Gasteiger charge is -2.21. The number of hydrogen-bond donors (Lipinski definition) is 2. The molecular formula is C24H25N3O2S. The number of aromatic nitrogens is 1. The van der Waals surface area contributed by atoms with Crippen molar-refractivity contribution in [2.24, 2.45) is 0 Å². The molecule has 0 saturated carbocycles. The van der Waals surface area contributed by atoms with Gasteiger partial charge in [-0.25, -0.2) is 4.98 Å². The second kappa shape index (κ2) is 8.32. The Kier molecular flexibility index (Phi) is 5.59. The second-order valence-corrected chi connectivity index (χ2v) is 8.27. The zero-order chi connectivity index (χ0) is 21.3. The van der Waals surface area contributed by atoms with Crippen molar-refractivity contribution in [3.05, 3.63) is 69.7 Å². The lowest BCUT2D eigenvalue weighted by atomic mass is 10.1. The first-order valence-corrected chi connectivity index (χ1v) is 10.9. The summed E-state index contributed by atoms with van der Waals surface area (Å²) < 4.78 is 5.85. The molecule has 2 aromatic carbocycles. The van der Waals surface area contributed by atoms with Crippen molar-refractivity contribution in [3.8, 4) is 17.0 Å². The van der Waals surface area contributed by atoms with Gasteiger partial charge in [0.25, 0.3) is 0 Å². The molecule has 0 radical (unpaired) electrons. The highest BCUT2D eigenvalue weighted by molar-refractivity contribution is 7.11. The number of thiazole rings is 1. The van der Waals surface area contributed by atoms with Crippen molar-refractivity contribution in [2.75, 3.05) is 18.1 Å². The van der Waals surface area contributed by atoms with E-state index in [2.05, 4.69) is 39.0 Å². The van der Waals surface area contributed by atoms with Gasteiger partial charge in [-0.05, 0) is 49.6 Å². The number of aliphatic hydroxyl groups excluding tert-OH is 1. The number of ether oxygens (including phenoxy) is 1. The van der Waals surface area contributed by atoms with Gasteiger partial charge in [0.1, 0.15) is 22.4 Å². The minimum absolute atomic E-state index is 0.159. The smallest absolute Gasteiger partial charge is 0.142 e. The maximum atomic E-state index is 10.7. The summed E-state index contributed by atoms with van der Waals surface area (Å²) >= 11 is 1.45. The first-order valence-electron chi connectivity index (χ1n) is 10.0. The van der Waals surface area contributed by atoms with Crippen molar-refractivity contribution < 1.29 is 9.84 Å². The number of aliphatic hydroxyl groups is 1. The summed E-state index contributed by atoms with van der Waals surface area (Å²) in [6.45, 7) is 7.07. The van der Waals surface area contributed by atoms with E-state index in [0.29, 0.717) is 22.9 Å². The van der Waals surface area contributed by atoms with E-state index in [9.17, 15) is 5.11 Å². The minimum Gasteiger partial charge on any atom is -0.510 e. The van der Waals surface area contributed by atoms with Crippen LogP contribution in [0.15, 0.2) is 53.6 Å². The Morgan fingerprint density at radius 2 is 1.97 bits per heavy atom. The Morgan fingerprint density at radius 3 is 2.73 bits per heavy atom. The van der Waals surface area contributed by atoms with Crippen molar-refractivity contribution in [3.63, 3.8) is 0 Å². The second-order valence-electron chi connectivity index (χ2n) is 7.41. The zero-order valence-corrected chi connectivity index (χ0v) is 18.2. The van der Waals surface area contributed by atoms with Crippen molar-refractivity contribution >= 4 is 28.4 Å². The van der Waals surface area contributed by atoms with Gasteiger partial charge in [-0.3, -0.25) is 5.41 Å². The monoisotopic (exact) mass is 419 g/mol. The predicted molar refractivity (Wildman–Crippen MR) is 124 cm³/mol. The van der Waals surface area contributed by atoms with Gasteiger partial charge in [-0.2, -0.15) is 0 Å². The van der Waals surface area contributed by atoms with Crippen LogP contribution in [0.25, 0.3) is 16.8 Å². The van der Waals surface area contributed by atoms with Gasteiger partial charge in [0, 0.05) is 10.9 Å². The summed E-state index contributed by atoms with van der Waals surface area (Å²) in [4.78, 5) is 6.51. The third-order valence-electron chi connectivity index (χ3n) is 5.24. The number of benzene rings is 2. The largest absolute Gasteiger partial charge is 0.510 e. The van der Waals surface area contributed by atoms with E-state index < -0.39 is 0 Å². The van der Waals surface area contributed by atoms with Crippen LogP contribution in [-0.2, 0) is 0 Å². The van der Waals surface area contributed by atoms with Gasteiger partial charge in [-0.15, -0.1) is 11.3 Å². The molecule has 3 aromatic rings. The molecule has 5 nitrogen and oxygen atoms in total. The Labute approximate surface area is 180 Å². The van der Waals surface area contributed by atoms with Crippen LogP contribution in [0, 0.1) is 19.3 Å². The fourth-order valence-electron chi connectivity index (χ4n) is 3.45. The zero-order valence-electron chi connectivity index (χ0n) is 17.4. The molecule has 0 atom stereocenters. The maximum absolute atomic E-state index is 10.7. The SMILES string of the molecule is CCCOc1ccccc1N1CC(O)=C(c2nc(-c3ccc(C)c(C)c3)cs2)C1=N. The number of anilines is 1. The topological polar surface area (TPSA) is 69.4 Å². The molecule has 0 aliphatic carbocycles. The van der Waals surface area contributed by atoms with E-state index in [1.54, 1.807) is 4.90 Å². The third-order valence-corrected chi connectivity index (χ3v) is 6.10. The average Bonchev–Trinajstić information content (AvgIpc) is 3.33. The predicted octanol–water partition coefficient (Wildman–Crippen LogP) is 5.98. The Hall–Kier alpha value is -3.12. The van der Waals surface area contributed by atoms with Crippen LogP contribution in [0.1, 0.15) is 29.5 Å². The number of aryl methyl sites for hydroxylation is 2. The van der Waals surface area contributed by atoms with Gasteiger partial charge in [0.2, 0.25) is 0 Å². The number of hydrogen-bond acceptors (Lipinski definition) is 5. The molecule has 1 aromatic heterocycles. The number of rotatable bonds is 6. The fraction of sp³-hybridized carbons (Fsp3) is 0.250. The van der Waals surface area contributed by atoms with E-state index in [1.807, 2.05) is 29.6 Å². The Morgan fingerprint density at radius 1 is 1.17 bits per heavy atom. The highest BCUT2D eigenvalue weighted by Gasteiger charge is 2.32. The van der Waals surface area contributed by atoms with Crippen LogP contribution in [0.5, 0.6) is 5.75 Å². The normalized spacial score (nSPS) is 14.0. The molecule has 2 heterocycles. The quantitative estimate of drug-likeness (QED) is 0.515. The molecule has 0 bridgehead atoms. The molecular weight excluding hydrogens is 394 g/mol. The molecule has 0 saturated heterocycles. The summed E-state index contributed by atoms with van der Waals surface area (Å²) in [7, 11) is 0. The first kappa shape index (κ1) is 20.2. The lowest BCUT2D eigenvalue weighted by molar-refractivity contribution is 0.318. The highest BCUT2D eigenvalue weighted by atomic mass is 32.1. The third kappa shape index (κ3) is 3.71. The van der Waals surface area contributed by atoms with E-state index in [0.717, 1.165) is 23.4 Å². The summed E-state index contributed by atoms with van der Waals surface area (Å²) in [5.41, 5.74) is 5.62. The van der Waals surface area contributed by atoms with E-state index in [1.165, 1.54) is 22.5 Å². The molecule has 0 unspecified atom stereocenters. The summed E-state index contributed by atoms with van der Waals surface area (Å²) in [6.07, 6.45) is 0.904. The molecule has 0 fully saturated rings. The van der Waals surface area contributed by atoms with Crippen LogP contribution in [-0.4, -0.2) is 29.1 Å².